The summed E-state index contributed by atoms with van der Waals surface area (Å²) < 4.78 is 12.6. The lowest BCUT2D eigenvalue weighted by Gasteiger charge is -2.14. The van der Waals surface area contributed by atoms with Gasteiger partial charge in [-0.15, -0.1) is 0 Å². The molecule has 0 aliphatic carbocycles. The minimum atomic E-state index is 0.894. The van der Waals surface area contributed by atoms with Crippen LogP contribution in [-0.4, -0.2) is 0 Å². The minimum Gasteiger partial charge on any atom is -0.456 e. The van der Waals surface area contributed by atoms with Gasteiger partial charge >= 0.3 is 0 Å². The van der Waals surface area contributed by atoms with Crippen LogP contribution in [0.1, 0.15) is 0 Å². The highest BCUT2D eigenvalue weighted by Crippen LogP contribution is 2.43. The third kappa shape index (κ3) is 3.77. The number of furan rings is 2. The van der Waals surface area contributed by atoms with Crippen molar-refractivity contribution in [2.75, 3.05) is 0 Å². The largest absolute Gasteiger partial charge is 0.456 e. The molecule has 0 N–H and O–H groups in total. The zero-order valence-electron chi connectivity index (χ0n) is 24.8. The average molecular weight is 587 g/mol. The second-order valence-corrected chi connectivity index (χ2v) is 12.1. The summed E-state index contributed by atoms with van der Waals surface area (Å²) in [5, 5.41) is 9.54. The Morgan fingerprint density at radius 3 is 1.39 bits per heavy atom. The lowest BCUT2D eigenvalue weighted by molar-refractivity contribution is 0.668. The van der Waals surface area contributed by atoms with E-state index in [2.05, 4.69) is 133 Å². The van der Waals surface area contributed by atoms with E-state index in [0.29, 0.717) is 0 Å². The van der Waals surface area contributed by atoms with Crippen molar-refractivity contribution in [2.45, 2.75) is 0 Å². The van der Waals surface area contributed by atoms with Crippen LogP contribution in [-0.2, 0) is 0 Å². The summed E-state index contributed by atoms with van der Waals surface area (Å²) in [4.78, 5) is 0. The summed E-state index contributed by atoms with van der Waals surface area (Å²) in [5.74, 6) is 0. The molecule has 0 saturated heterocycles. The maximum Gasteiger partial charge on any atom is 0.136 e. The summed E-state index contributed by atoms with van der Waals surface area (Å²) in [6.07, 6.45) is 0. The Kier molecular flexibility index (Phi) is 5.31. The SMILES string of the molecule is c1ccc2c(c1)ccc1ccc(-c3cc(-c4cccc5oc6ccccc6c45)cc(-c4cccc5oc6ccccc6c45)c3)cc12. The predicted octanol–water partition coefficient (Wildman–Crippen LogP) is 12.8. The van der Waals surface area contributed by atoms with Crippen molar-refractivity contribution in [1.82, 2.24) is 0 Å². The van der Waals surface area contributed by atoms with E-state index in [1.807, 2.05) is 24.3 Å². The van der Waals surface area contributed by atoms with Crippen molar-refractivity contribution in [2.24, 2.45) is 0 Å². The van der Waals surface area contributed by atoms with Gasteiger partial charge in [-0.05, 0) is 103 Å². The van der Waals surface area contributed by atoms with Crippen LogP contribution >= 0.6 is 0 Å². The van der Waals surface area contributed by atoms with E-state index in [0.717, 1.165) is 71.7 Å². The normalized spacial score (nSPS) is 11.9. The van der Waals surface area contributed by atoms with Gasteiger partial charge in [0.1, 0.15) is 22.3 Å². The fourth-order valence-corrected chi connectivity index (χ4v) is 7.32. The fourth-order valence-electron chi connectivity index (χ4n) is 7.32. The first kappa shape index (κ1) is 25.2. The van der Waals surface area contributed by atoms with Crippen molar-refractivity contribution < 1.29 is 8.83 Å². The van der Waals surface area contributed by atoms with Crippen LogP contribution in [0.25, 0.3) is 98.8 Å². The van der Waals surface area contributed by atoms with Gasteiger partial charge in [-0.2, -0.15) is 0 Å². The molecule has 0 spiro atoms. The van der Waals surface area contributed by atoms with E-state index in [-0.39, 0.29) is 0 Å². The first-order valence-electron chi connectivity index (χ1n) is 15.7. The third-order valence-corrected chi connectivity index (χ3v) is 9.44. The molecular formula is C44H26O2. The van der Waals surface area contributed by atoms with E-state index in [9.17, 15) is 0 Å². The van der Waals surface area contributed by atoms with Crippen LogP contribution in [0.3, 0.4) is 0 Å². The van der Waals surface area contributed by atoms with Gasteiger partial charge in [-0.3, -0.25) is 0 Å². The number of fused-ring (bicyclic) bond motifs is 9. The van der Waals surface area contributed by atoms with Crippen LogP contribution in [0.5, 0.6) is 0 Å². The number of hydrogen-bond donors (Lipinski definition) is 0. The van der Waals surface area contributed by atoms with E-state index in [1.165, 1.54) is 27.1 Å². The van der Waals surface area contributed by atoms with Gasteiger partial charge in [0, 0.05) is 21.5 Å². The Morgan fingerprint density at radius 1 is 0.283 bits per heavy atom. The van der Waals surface area contributed by atoms with Gasteiger partial charge < -0.3 is 8.83 Å². The van der Waals surface area contributed by atoms with Crippen LogP contribution in [0, 0.1) is 0 Å². The fraction of sp³-hybridized carbons (Fsp3) is 0. The van der Waals surface area contributed by atoms with Gasteiger partial charge in [0.15, 0.2) is 0 Å². The molecule has 10 rings (SSSR count). The highest BCUT2D eigenvalue weighted by molar-refractivity contribution is 6.15. The Bertz CT molecular complexity index is 2680. The average Bonchev–Trinajstić information content (AvgIpc) is 3.70. The van der Waals surface area contributed by atoms with E-state index >= 15 is 0 Å². The molecule has 0 unspecified atom stereocenters. The molecule has 8 aromatic carbocycles. The van der Waals surface area contributed by atoms with E-state index in [4.69, 9.17) is 8.83 Å². The predicted molar refractivity (Wildman–Crippen MR) is 192 cm³/mol. The lowest BCUT2D eigenvalue weighted by Crippen LogP contribution is -1.88. The molecule has 0 bridgehead atoms. The van der Waals surface area contributed by atoms with Crippen LogP contribution < -0.4 is 0 Å². The summed E-state index contributed by atoms with van der Waals surface area (Å²) in [5.41, 5.74) is 10.5. The molecule has 2 aromatic heterocycles. The Balaban J connectivity index is 1.29. The molecular weight excluding hydrogens is 560 g/mol. The third-order valence-electron chi connectivity index (χ3n) is 9.44. The van der Waals surface area contributed by atoms with Crippen LogP contribution in [0.2, 0.25) is 0 Å². The van der Waals surface area contributed by atoms with Crippen molar-refractivity contribution in [3.05, 3.63) is 158 Å². The molecule has 0 aliphatic heterocycles. The highest BCUT2D eigenvalue weighted by atomic mass is 16.3. The van der Waals surface area contributed by atoms with Gasteiger partial charge in [0.2, 0.25) is 0 Å². The molecule has 0 atom stereocenters. The Morgan fingerprint density at radius 2 is 0.761 bits per heavy atom. The van der Waals surface area contributed by atoms with Crippen molar-refractivity contribution in [3.8, 4) is 33.4 Å². The highest BCUT2D eigenvalue weighted by Gasteiger charge is 2.17. The van der Waals surface area contributed by atoms with Crippen LogP contribution in [0.15, 0.2) is 167 Å². The van der Waals surface area contributed by atoms with Crippen molar-refractivity contribution in [1.29, 1.82) is 0 Å². The van der Waals surface area contributed by atoms with Gasteiger partial charge in [-0.1, -0.05) is 109 Å². The minimum absolute atomic E-state index is 0.894. The lowest BCUT2D eigenvalue weighted by atomic mass is 9.89. The first-order chi connectivity index (χ1) is 22.8. The monoisotopic (exact) mass is 586 g/mol. The summed E-state index contributed by atoms with van der Waals surface area (Å²) in [6, 6.07) is 56.3. The molecule has 2 heterocycles. The van der Waals surface area contributed by atoms with Crippen LogP contribution in [0.4, 0.5) is 0 Å². The summed E-state index contributed by atoms with van der Waals surface area (Å²) in [7, 11) is 0. The molecule has 46 heavy (non-hydrogen) atoms. The maximum atomic E-state index is 6.32. The first-order valence-corrected chi connectivity index (χ1v) is 15.7. The van der Waals surface area contributed by atoms with Crippen molar-refractivity contribution >= 4 is 65.4 Å². The standard InChI is InChI=1S/C44H26O2/c1-2-10-33-27(9-1)19-20-28-21-22-29(26-38(28)33)30-23-31(34-13-7-17-41-43(34)36-11-3-5-15-39(36)45-41)25-32(24-30)35-14-8-18-42-44(35)37-12-4-6-16-40(37)46-42/h1-26H. The quantitative estimate of drug-likeness (QED) is 0.193. The molecule has 2 heteroatoms. The maximum absolute atomic E-state index is 6.32. The number of hydrogen-bond acceptors (Lipinski definition) is 2. The van der Waals surface area contributed by atoms with E-state index < -0.39 is 0 Å². The molecule has 0 fully saturated rings. The van der Waals surface area contributed by atoms with Crippen molar-refractivity contribution in [3.63, 3.8) is 0 Å². The number of rotatable bonds is 3. The van der Waals surface area contributed by atoms with Gasteiger partial charge in [0.05, 0.1) is 0 Å². The molecule has 2 nitrogen and oxygen atoms in total. The molecule has 10 aromatic rings. The molecule has 0 saturated carbocycles. The Hall–Kier alpha value is -6.12. The topological polar surface area (TPSA) is 26.3 Å². The number of benzene rings is 8. The van der Waals surface area contributed by atoms with Gasteiger partial charge in [0.25, 0.3) is 0 Å². The van der Waals surface area contributed by atoms with Gasteiger partial charge in [-0.25, -0.2) is 0 Å². The second-order valence-electron chi connectivity index (χ2n) is 12.1. The Labute approximate surface area is 264 Å². The zero-order chi connectivity index (χ0) is 30.2. The smallest absolute Gasteiger partial charge is 0.136 e. The summed E-state index contributed by atoms with van der Waals surface area (Å²) in [6.45, 7) is 0. The summed E-state index contributed by atoms with van der Waals surface area (Å²) >= 11 is 0. The molecule has 0 amide bonds. The van der Waals surface area contributed by atoms with E-state index in [1.54, 1.807) is 0 Å². The second kappa shape index (κ2) is 9.69. The molecule has 0 radical (unpaired) electrons. The number of para-hydroxylation sites is 2. The molecule has 214 valence electrons. The zero-order valence-corrected chi connectivity index (χ0v) is 24.8. The molecule has 0 aliphatic rings.